The SMILES string of the molecule is O=C(Nc1ccc(F)c(F)c1)C1CCC(C(=O)N2CCc3ccccc3C2)CC1. The third-order valence-electron chi connectivity index (χ3n) is 6.08. The first-order chi connectivity index (χ1) is 14.0. The van der Waals surface area contributed by atoms with Crippen molar-refractivity contribution in [1.29, 1.82) is 0 Å². The summed E-state index contributed by atoms with van der Waals surface area (Å²) in [5, 5.41) is 2.66. The second-order valence-corrected chi connectivity index (χ2v) is 7.95. The molecule has 1 N–H and O–H groups in total. The predicted octanol–water partition coefficient (Wildman–Crippen LogP) is 4.29. The van der Waals surface area contributed by atoms with E-state index in [1.807, 2.05) is 17.0 Å². The molecule has 4 nitrogen and oxygen atoms in total. The molecule has 0 unspecified atom stereocenters. The molecule has 0 saturated heterocycles. The van der Waals surface area contributed by atoms with Gasteiger partial charge in [-0.15, -0.1) is 0 Å². The minimum absolute atomic E-state index is 0.0485. The van der Waals surface area contributed by atoms with Crippen molar-refractivity contribution in [1.82, 2.24) is 4.90 Å². The van der Waals surface area contributed by atoms with Crippen LogP contribution in [0.25, 0.3) is 0 Å². The molecule has 1 aliphatic carbocycles. The number of halogens is 2. The number of hydrogen-bond acceptors (Lipinski definition) is 2. The van der Waals surface area contributed by atoms with E-state index in [1.165, 1.54) is 17.2 Å². The molecule has 0 aromatic heterocycles. The lowest BCUT2D eigenvalue weighted by Gasteiger charge is -2.34. The Balaban J connectivity index is 1.30. The predicted molar refractivity (Wildman–Crippen MR) is 106 cm³/mol. The van der Waals surface area contributed by atoms with Crippen molar-refractivity contribution in [2.75, 3.05) is 11.9 Å². The number of amides is 2. The van der Waals surface area contributed by atoms with Crippen LogP contribution in [-0.4, -0.2) is 23.3 Å². The molecule has 0 radical (unpaired) electrons. The average Bonchev–Trinajstić information content (AvgIpc) is 2.75. The van der Waals surface area contributed by atoms with E-state index in [0.29, 0.717) is 32.2 Å². The lowest BCUT2D eigenvalue weighted by atomic mass is 9.80. The van der Waals surface area contributed by atoms with Crippen LogP contribution < -0.4 is 5.32 Å². The molecule has 6 heteroatoms. The Morgan fingerprint density at radius 1 is 0.897 bits per heavy atom. The normalized spacial score (nSPS) is 21.4. The molecule has 1 heterocycles. The molecule has 2 amide bonds. The summed E-state index contributed by atoms with van der Waals surface area (Å²) in [6.07, 6.45) is 3.47. The summed E-state index contributed by atoms with van der Waals surface area (Å²) in [5.74, 6) is -2.21. The Bertz CT molecular complexity index is 923. The van der Waals surface area contributed by atoms with E-state index in [9.17, 15) is 18.4 Å². The van der Waals surface area contributed by atoms with Gasteiger partial charge in [0.1, 0.15) is 0 Å². The van der Waals surface area contributed by atoms with Crippen molar-refractivity contribution >= 4 is 17.5 Å². The molecule has 1 saturated carbocycles. The van der Waals surface area contributed by atoms with Crippen LogP contribution in [0.2, 0.25) is 0 Å². The Kier molecular flexibility index (Phi) is 5.60. The number of hydrogen-bond donors (Lipinski definition) is 1. The lowest BCUT2D eigenvalue weighted by Crippen LogP contribution is -2.41. The molecule has 0 atom stereocenters. The van der Waals surface area contributed by atoms with Crippen LogP contribution in [0.15, 0.2) is 42.5 Å². The van der Waals surface area contributed by atoms with Gasteiger partial charge in [-0.05, 0) is 55.4 Å². The maximum Gasteiger partial charge on any atom is 0.227 e. The van der Waals surface area contributed by atoms with Gasteiger partial charge in [0.05, 0.1) is 0 Å². The van der Waals surface area contributed by atoms with Crippen molar-refractivity contribution in [3.05, 3.63) is 65.2 Å². The van der Waals surface area contributed by atoms with Gasteiger partial charge in [0.2, 0.25) is 11.8 Å². The van der Waals surface area contributed by atoms with Gasteiger partial charge < -0.3 is 10.2 Å². The van der Waals surface area contributed by atoms with Gasteiger partial charge >= 0.3 is 0 Å². The molecule has 4 rings (SSSR count). The highest BCUT2D eigenvalue weighted by Gasteiger charge is 2.33. The Hall–Kier alpha value is -2.76. The maximum absolute atomic E-state index is 13.3. The molecule has 0 bridgehead atoms. The number of anilines is 1. The van der Waals surface area contributed by atoms with Crippen molar-refractivity contribution in [2.45, 2.75) is 38.6 Å². The summed E-state index contributed by atoms with van der Waals surface area (Å²) >= 11 is 0. The number of carbonyl (C=O) groups is 2. The largest absolute Gasteiger partial charge is 0.338 e. The molecule has 0 spiro atoms. The van der Waals surface area contributed by atoms with Crippen LogP contribution in [0.3, 0.4) is 0 Å². The quantitative estimate of drug-likeness (QED) is 0.838. The summed E-state index contributed by atoms with van der Waals surface area (Å²) in [7, 11) is 0. The third kappa shape index (κ3) is 4.31. The van der Waals surface area contributed by atoms with Gasteiger partial charge in [0.25, 0.3) is 0 Å². The van der Waals surface area contributed by atoms with Gasteiger partial charge in [0, 0.05) is 36.7 Å². The number of carbonyl (C=O) groups excluding carboxylic acids is 2. The standard InChI is InChI=1S/C23H24F2N2O2/c24-20-10-9-19(13-21(20)25)26-22(28)16-5-7-17(8-6-16)23(29)27-12-11-15-3-1-2-4-18(15)14-27/h1-4,9-10,13,16-17H,5-8,11-12,14H2,(H,26,28). The summed E-state index contributed by atoms with van der Waals surface area (Å²) in [5.41, 5.74) is 2.78. The van der Waals surface area contributed by atoms with Crippen LogP contribution in [0.4, 0.5) is 14.5 Å². The van der Waals surface area contributed by atoms with E-state index in [1.54, 1.807) is 0 Å². The van der Waals surface area contributed by atoms with Gasteiger partial charge in [-0.25, -0.2) is 8.78 Å². The maximum atomic E-state index is 13.3. The fourth-order valence-electron chi connectivity index (χ4n) is 4.36. The zero-order chi connectivity index (χ0) is 20.4. The number of nitrogens with one attached hydrogen (secondary N) is 1. The van der Waals surface area contributed by atoms with E-state index < -0.39 is 11.6 Å². The number of benzene rings is 2. The van der Waals surface area contributed by atoms with E-state index in [-0.39, 0.29) is 29.3 Å². The summed E-state index contributed by atoms with van der Waals surface area (Å²) in [6, 6.07) is 11.6. The number of fused-ring (bicyclic) bond motifs is 1. The number of rotatable bonds is 3. The third-order valence-corrected chi connectivity index (χ3v) is 6.08. The van der Waals surface area contributed by atoms with Gasteiger partial charge in [0.15, 0.2) is 11.6 Å². The van der Waals surface area contributed by atoms with Crippen LogP contribution in [0, 0.1) is 23.5 Å². The topological polar surface area (TPSA) is 49.4 Å². The minimum atomic E-state index is -0.986. The summed E-state index contributed by atoms with van der Waals surface area (Å²) in [4.78, 5) is 27.3. The molecule has 29 heavy (non-hydrogen) atoms. The molecular weight excluding hydrogens is 374 g/mol. The van der Waals surface area contributed by atoms with Crippen LogP contribution in [0.5, 0.6) is 0 Å². The van der Waals surface area contributed by atoms with Crippen molar-refractivity contribution < 1.29 is 18.4 Å². The molecule has 2 aromatic carbocycles. The molecule has 152 valence electrons. The molecule has 1 fully saturated rings. The average molecular weight is 398 g/mol. The van der Waals surface area contributed by atoms with Crippen LogP contribution in [0.1, 0.15) is 36.8 Å². The van der Waals surface area contributed by atoms with Gasteiger partial charge in [-0.3, -0.25) is 9.59 Å². The molecule has 2 aliphatic rings. The lowest BCUT2D eigenvalue weighted by molar-refractivity contribution is -0.138. The first-order valence-corrected chi connectivity index (χ1v) is 10.1. The van der Waals surface area contributed by atoms with E-state index in [4.69, 9.17) is 0 Å². The molecule has 2 aromatic rings. The minimum Gasteiger partial charge on any atom is -0.338 e. The Labute approximate surface area is 168 Å². The fraction of sp³-hybridized carbons (Fsp3) is 0.391. The highest BCUT2D eigenvalue weighted by molar-refractivity contribution is 5.92. The van der Waals surface area contributed by atoms with E-state index in [0.717, 1.165) is 25.1 Å². The van der Waals surface area contributed by atoms with E-state index >= 15 is 0 Å². The van der Waals surface area contributed by atoms with Crippen LogP contribution in [-0.2, 0) is 22.6 Å². The van der Waals surface area contributed by atoms with Crippen molar-refractivity contribution in [3.8, 4) is 0 Å². The first kappa shape index (κ1) is 19.6. The van der Waals surface area contributed by atoms with Gasteiger partial charge in [-0.2, -0.15) is 0 Å². The zero-order valence-electron chi connectivity index (χ0n) is 16.2. The van der Waals surface area contributed by atoms with E-state index in [2.05, 4.69) is 17.4 Å². The van der Waals surface area contributed by atoms with Crippen molar-refractivity contribution in [3.63, 3.8) is 0 Å². The second kappa shape index (κ2) is 8.31. The Morgan fingerprint density at radius 2 is 1.59 bits per heavy atom. The van der Waals surface area contributed by atoms with Gasteiger partial charge in [-0.1, -0.05) is 24.3 Å². The van der Waals surface area contributed by atoms with Crippen molar-refractivity contribution in [2.24, 2.45) is 11.8 Å². The monoisotopic (exact) mass is 398 g/mol. The first-order valence-electron chi connectivity index (χ1n) is 10.1. The fourth-order valence-corrected chi connectivity index (χ4v) is 4.36. The molecule has 1 aliphatic heterocycles. The number of nitrogens with zero attached hydrogens (tertiary/aromatic N) is 1. The summed E-state index contributed by atoms with van der Waals surface area (Å²) < 4.78 is 26.3. The van der Waals surface area contributed by atoms with Crippen LogP contribution >= 0.6 is 0 Å². The molecular formula is C23H24F2N2O2. The highest BCUT2D eigenvalue weighted by Crippen LogP contribution is 2.32. The smallest absolute Gasteiger partial charge is 0.227 e. The highest BCUT2D eigenvalue weighted by atomic mass is 19.2. The zero-order valence-corrected chi connectivity index (χ0v) is 16.2. The Morgan fingerprint density at radius 3 is 2.31 bits per heavy atom. The summed E-state index contributed by atoms with van der Waals surface area (Å²) in [6.45, 7) is 1.40. The second-order valence-electron chi connectivity index (χ2n) is 7.95.